The monoisotopic (exact) mass is 318 g/mol. The van der Waals surface area contributed by atoms with Crippen LogP contribution in [-0.2, 0) is 11.2 Å². The molecule has 3 N–H and O–H groups in total. The molecule has 5 nitrogen and oxygen atoms in total. The molecule has 1 heterocycles. The van der Waals surface area contributed by atoms with E-state index in [1.165, 1.54) is 29.5 Å². The number of hydrogen-bond acceptors (Lipinski definition) is 5. The highest BCUT2D eigenvalue weighted by atomic mass is 32.1. The molecular weight excluding hydrogens is 303 g/mol. The Morgan fingerprint density at radius 1 is 1.18 bits per heavy atom. The van der Waals surface area contributed by atoms with Crippen LogP contribution in [0.25, 0.3) is 0 Å². The van der Waals surface area contributed by atoms with Gasteiger partial charge in [-0.05, 0) is 29.1 Å². The molecule has 22 heavy (non-hydrogen) atoms. The van der Waals surface area contributed by atoms with Crippen LogP contribution in [0, 0.1) is 0 Å². The van der Waals surface area contributed by atoms with E-state index in [1.54, 1.807) is 6.07 Å². The Hall–Kier alpha value is -1.96. The van der Waals surface area contributed by atoms with Crippen LogP contribution in [-0.4, -0.2) is 34.0 Å². The number of carbonyl (C=O) groups excluding carboxylic acids is 1. The molecule has 2 aromatic rings. The molecule has 0 bridgehead atoms. The zero-order valence-corrected chi connectivity index (χ0v) is 12.5. The molecule has 0 unspecified atom stereocenters. The van der Waals surface area contributed by atoms with Crippen molar-refractivity contribution in [3.63, 3.8) is 0 Å². The molecule has 0 saturated heterocycles. The number of benzene rings is 1. The zero-order valence-electron chi connectivity index (χ0n) is 11.7. The van der Waals surface area contributed by atoms with E-state index in [4.69, 9.17) is 5.11 Å². The first-order valence-corrected chi connectivity index (χ1v) is 7.59. The van der Waals surface area contributed by atoms with Crippen molar-refractivity contribution in [1.82, 2.24) is 0 Å². The fraction of sp³-hybridized carbons (Fsp3) is 0.200. The first-order chi connectivity index (χ1) is 10.5. The number of carboxylic acids is 1. The maximum Gasteiger partial charge on any atom is 0.459 e. The van der Waals surface area contributed by atoms with Crippen molar-refractivity contribution < 1.29 is 24.7 Å². The number of ketones is 1. The lowest BCUT2D eigenvalue weighted by Crippen LogP contribution is -2.26. The summed E-state index contributed by atoms with van der Waals surface area (Å²) >= 11 is 1.47. The highest BCUT2D eigenvalue weighted by Gasteiger charge is 2.28. The van der Waals surface area contributed by atoms with Crippen molar-refractivity contribution in [2.24, 2.45) is 0 Å². The molecule has 0 aliphatic rings. The summed E-state index contributed by atoms with van der Waals surface area (Å²) < 4.78 is 0. The minimum absolute atomic E-state index is 0.0499. The number of rotatable bonds is 7. The molecular formula is C15H15BO5S. The third-order valence-electron chi connectivity index (χ3n) is 3.32. The van der Waals surface area contributed by atoms with Gasteiger partial charge in [0.2, 0.25) is 0 Å². The minimum atomic E-state index is -1.73. The molecule has 0 spiro atoms. The Morgan fingerprint density at radius 3 is 2.55 bits per heavy atom. The maximum atomic E-state index is 12.1. The van der Waals surface area contributed by atoms with Gasteiger partial charge in [-0.15, -0.1) is 11.3 Å². The van der Waals surface area contributed by atoms with Gasteiger partial charge < -0.3 is 15.2 Å². The highest BCUT2D eigenvalue weighted by Crippen LogP contribution is 2.24. The van der Waals surface area contributed by atoms with E-state index in [2.05, 4.69) is 0 Å². The Bertz CT molecular complexity index is 654. The molecule has 2 rings (SSSR count). The van der Waals surface area contributed by atoms with Gasteiger partial charge in [-0.1, -0.05) is 18.2 Å². The van der Waals surface area contributed by atoms with Gasteiger partial charge in [0.1, 0.15) is 5.78 Å². The van der Waals surface area contributed by atoms with Gasteiger partial charge in [0.25, 0.3) is 0 Å². The zero-order chi connectivity index (χ0) is 16.1. The van der Waals surface area contributed by atoms with Crippen molar-refractivity contribution >= 4 is 30.2 Å². The minimum Gasteiger partial charge on any atom is -0.478 e. The number of carboxylic acid groups (broad SMARTS) is 1. The third kappa shape index (κ3) is 4.27. The van der Waals surface area contributed by atoms with E-state index >= 15 is 0 Å². The van der Waals surface area contributed by atoms with Crippen LogP contribution in [0.2, 0.25) is 0 Å². The number of hydrogen-bond donors (Lipinski definition) is 3. The molecule has 1 aromatic carbocycles. The average Bonchev–Trinajstić information content (AvgIpc) is 2.97. The first-order valence-electron chi connectivity index (χ1n) is 6.71. The quantitative estimate of drug-likeness (QED) is 0.676. The SMILES string of the molecule is O=C(Cc1cccs1)C[C@H](B(O)O)c1cccc(C(=O)O)c1. The highest BCUT2D eigenvalue weighted by molar-refractivity contribution is 7.10. The number of thiophene rings is 1. The van der Waals surface area contributed by atoms with E-state index in [1.807, 2.05) is 17.5 Å². The normalized spacial score (nSPS) is 11.9. The van der Waals surface area contributed by atoms with E-state index in [0.717, 1.165) is 4.88 Å². The van der Waals surface area contributed by atoms with Crippen LogP contribution in [0.15, 0.2) is 41.8 Å². The van der Waals surface area contributed by atoms with E-state index in [9.17, 15) is 19.6 Å². The van der Waals surface area contributed by atoms with Gasteiger partial charge in [0.05, 0.1) is 5.56 Å². The fourth-order valence-electron chi connectivity index (χ4n) is 2.22. The lowest BCUT2D eigenvalue weighted by molar-refractivity contribution is -0.118. The molecule has 0 aliphatic heterocycles. The van der Waals surface area contributed by atoms with Gasteiger partial charge >= 0.3 is 13.1 Å². The summed E-state index contributed by atoms with van der Waals surface area (Å²) in [6.07, 6.45) is 0.179. The van der Waals surface area contributed by atoms with Crippen molar-refractivity contribution in [3.05, 3.63) is 57.8 Å². The molecule has 1 atom stereocenters. The van der Waals surface area contributed by atoms with Gasteiger partial charge in [-0.25, -0.2) is 4.79 Å². The molecule has 0 saturated carbocycles. The maximum absolute atomic E-state index is 12.1. The fourth-order valence-corrected chi connectivity index (χ4v) is 2.96. The van der Waals surface area contributed by atoms with Crippen LogP contribution in [0.4, 0.5) is 0 Å². The van der Waals surface area contributed by atoms with Crippen molar-refractivity contribution in [2.45, 2.75) is 18.7 Å². The summed E-state index contributed by atoms with van der Waals surface area (Å²) in [5.41, 5.74) is 0.475. The van der Waals surface area contributed by atoms with Crippen molar-refractivity contribution in [2.75, 3.05) is 0 Å². The molecule has 0 amide bonds. The van der Waals surface area contributed by atoms with Gasteiger partial charge in [-0.2, -0.15) is 0 Å². The predicted molar refractivity (Wildman–Crippen MR) is 84.0 cm³/mol. The molecule has 1 aromatic heterocycles. The third-order valence-corrected chi connectivity index (χ3v) is 4.20. The summed E-state index contributed by atoms with van der Waals surface area (Å²) in [5.74, 6) is -2.06. The predicted octanol–water partition coefficient (Wildman–Crippen LogP) is 1.74. The summed E-state index contributed by atoms with van der Waals surface area (Å²) in [6, 6.07) is 9.60. The largest absolute Gasteiger partial charge is 0.478 e. The van der Waals surface area contributed by atoms with Crippen LogP contribution < -0.4 is 0 Å². The van der Waals surface area contributed by atoms with Crippen molar-refractivity contribution in [1.29, 1.82) is 0 Å². The van der Waals surface area contributed by atoms with Crippen LogP contribution in [0.3, 0.4) is 0 Å². The average molecular weight is 318 g/mol. The molecule has 0 fully saturated rings. The topological polar surface area (TPSA) is 94.8 Å². The second-order valence-corrected chi connectivity index (χ2v) is 5.98. The Labute approximate surface area is 132 Å². The van der Waals surface area contributed by atoms with E-state index in [0.29, 0.717) is 5.56 Å². The standard InChI is InChI=1S/C15H15BO5S/c17-12(8-13-5-2-6-22-13)9-14(16(20)21)10-3-1-4-11(7-10)15(18)19/h1-7,14,20-21H,8-9H2,(H,18,19)/t14-/m0/s1. The van der Waals surface area contributed by atoms with Crippen LogP contribution >= 0.6 is 11.3 Å². The Morgan fingerprint density at radius 2 is 1.95 bits per heavy atom. The lowest BCUT2D eigenvalue weighted by atomic mass is 9.66. The molecule has 114 valence electrons. The number of carbonyl (C=O) groups is 2. The lowest BCUT2D eigenvalue weighted by Gasteiger charge is -2.16. The van der Waals surface area contributed by atoms with Gasteiger partial charge in [0.15, 0.2) is 0 Å². The number of aromatic carboxylic acids is 1. The summed E-state index contributed by atoms with van der Waals surface area (Å²) in [4.78, 5) is 24.0. The summed E-state index contributed by atoms with van der Waals surface area (Å²) in [6.45, 7) is 0. The van der Waals surface area contributed by atoms with E-state index in [-0.39, 0.29) is 24.2 Å². The number of Topliss-reactive ketones (excluding diaryl/α,β-unsaturated/α-hetero) is 1. The smallest absolute Gasteiger partial charge is 0.459 e. The molecule has 0 radical (unpaired) electrons. The van der Waals surface area contributed by atoms with Crippen LogP contribution in [0.5, 0.6) is 0 Å². The first kappa shape index (κ1) is 16.4. The van der Waals surface area contributed by atoms with Crippen molar-refractivity contribution in [3.8, 4) is 0 Å². The van der Waals surface area contributed by atoms with Gasteiger partial charge in [-0.3, -0.25) is 4.79 Å². The summed E-state index contributed by atoms with van der Waals surface area (Å²) in [5, 5.41) is 29.9. The Kier molecular flexibility index (Phi) is 5.49. The second kappa shape index (κ2) is 7.35. The Balaban J connectivity index is 2.14. The van der Waals surface area contributed by atoms with E-state index < -0.39 is 18.9 Å². The molecule has 7 heteroatoms. The molecule has 0 aliphatic carbocycles. The second-order valence-electron chi connectivity index (χ2n) is 4.95. The van der Waals surface area contributed by atoms with Crippen LogP contribution in [0.1, 0.15) is 33.0 Å². The van der Waals surface area contributed by atoms with Gasteiger partial charge in [0, 0.05) is 23.5 Å². The summed E-state index contributed by atoms with van der Waals surface area (Å²) in [7, 11) is -1.73.